The van der Waals surface area contributed by atoms with Gasteiger partial charge in [-0.15, -0.1) is 10.2 Å². The van der Waals surface area contributed by atoms with Gasteiger partial charge in [0.2, 0.25) is 0 Å². The molecule has 36 heavy (non-hydrogen) atoms. The molecule has 4 aromatic rings. The molecular formula is C26H16F3N5O2. The Morgan fingerprint density at radius 3 is 2.53 bits per heavy atom. The SMILES string of the molecule is Cn1cnnc1-c1cc(C#N)ccc1-c1cccc(N2Cc3c(cc(C=O)cc3C(F)(F)F)C2=O)c1. The molecule has 0 aliphatic carbocycles. The van der Waals surface area contributed by atoms with Gasteiger partial charge in [0.15, 0.2) is 5.82 Å². The van der Waals surface area contributed by atoms with Crippen molar-refractivity contribution in [2.24, 2.45) is 7.05 Å². The van der Waals surface area contributed by atoms with E-state index in [1.54, 1.807) is 54.1 Å². The molecule has 1 aliphatic rings. The summed E-state index contributed by atoms with van der Waals surface area (Å²) in [7, 11) is 1.76. The van der Waals surface area contributed by atoms with E-state index >= 15 is 0 Å². The van der Waals surface area contributed by atoms with Crippen LogP contribution in [-0.2, 0) is 19.8 Å². The first kappa shape index (κ1) is 23.0. The van der Waals surface area contributed by atoms with Crippen LogP contribution in [0.25, 0.3) is 22.5 Å². The fraction of sp³-hybridized carbons (Fsp3) is 0.115. The minimum absolute atomic E-state index is 0.143. The lowest BCUT2D eigenvalue weighted by Gasteiger charge is -2.18. The van der Waals surface area contributed by atoms with Crippen molar-refractivity contribution in [2.75, 3.05) is 4.90 Å². The van der Waals surface area contributed by atoms with Crippen molar-refractivity contribution in [3.05, 3.63) is 88.7 Å². The van der Waals surface area contributed by atoms with Gasteiger partial charge in [0, 0.05) is 29.4 Å². The maximum absolute atomic E-state index is 13.7. The average Bonchev–Trinajstić information content (AvgIpc) is 3.45. The van der Waals surface area contributed by atoms with E-state index in [9.17, 15) is 28.0 Å². The summed E-state index contributed by atoms with van der Waals surface area (Å²) in [6, 6.07) is 16.0. The first-order chi connectivity index (χ1) is 17.2. The highest BCUT2D eigenvalue weighted by atomic mass is 19.4. The summed E-state index contributed by atoms with van der Waals surface area (Å²) in [6.45, 7) is -0.283. The van der Waals surface area contributed by atoms with Gasteiger partial charge in [-0.25, -0.2) is 0 Å². The average molecular weight is 487 g/mol. The molecular weight excluding hydrogens is 471 g/mol. The van der Waals surface area contributed by atoms with E-state index in [2.05, 4.69) is 16.3 Å². The van der Waals surface area contributed by atoms with Crippen LogP contribution >= 0.6 is 0 Å². The molecule has 1 aromatic heterocycles. The number of amides is 1. The molecule has 1 amide bonds. The monoisotopic (exact) mass is 487 g/mol. The number of carbonyl (C=O) groups is 2. The fourth-order valence-electron chi connectivity index (χ4n) is 4.38. The lowest BCUT2D eigenvalue weighted by Crippen LogP contribution is -2.23. The molecule has 178 valence electrons. The summed E-state index contributed by atoms with van der Waals surface area (Å²) in [5, 5.41) is 17.4. The number of benzene rings is 3. The predicted molar refractivity (Wildman–Crippen MR) is 124 cm³/mol. The summed E-state index contributed by atoms with van der Waals surface area (Å²) in [5.74, 6) is -0.0990. The molecule has 1 aliphatic heterocycles. The second kappa shape index (κ2) is 8.46. The standard InChI is InChI=1S/C26H16F3N5O2/c1-33-14-31-32-24(33)20-7-15(11-30)5-6-19(20)17-3-2-4-18(10-17)34-12-22-21(25(34)36)8-16(13-35)9-23(22)26(27,28)29/h2-10,13-14H,12H2,1H3. The zero-order valence-corrected chi connectivity index (χ0v) is 18.7. The predicted octanol–water partition coefficient (Wildman–Crippen LogP) is 5.01. The molecule has 0 fully saturated rings. The second-order valence-corrected chi connectivity index (χ2v) is 8.29. The smallest absolute Gasteiger partial charge is 0.317 e. The topological polar surface area (TPSA) is 91.9 Å². The van der Waals surface area contributed by atoms with Gasteiger partial charge in [-0.3, -0.25) is 9.59 Å². The van der Waals surface area contributed by atoms with Crippen LogP contribution in [0.4, 0.5) is 18.9 Å². The quantitative estimate of drug-likeness (QED) is 0.377. The maximum atomic E-state index is 13.7. The van der Waals surface area contributed by atoms with Crippen LogP contribution in [0.15, 0.2) is 60.9 Å². The minimum atomic E-state index is -4.71. The number of hydrogen-bond donors (Lipinski definition) is 0. The number of fused-ring (bicyclic) bond motifs is 1. The van der Waals surface area contributed by atoms with Crippen molar-refractivity contribution in [1.82, 2.24) is 14.8 Å². The van der Waals surface area contributed by atoms with E-state index in [0.717, 1.165) is 6.07 Å². The van der Waals surface area contributed by atoms with Crippen molar-refractivity contribution in [1.29, 1.82) is 5.26 Å². The van der Waals surface area contributed by atoms with E-state index in [1.807, 2.05) is 0 Å². The van der Waals surface area contributed by atoms with E-state index in [4.69, 9.17) is 0 Å². The zero-order chi connectivity index (χ0) is 25.6. The molecule has 0 saturated heterocycles. The van der Waals surface area contributed by atoms with Crippen molar-refractivity contribution in [3.8, 4) is 28.6 Å². The van der Waals surface area contributed by atoms with Gasteiger partial charge in [-0.2, -0.15) is 18.4 Å². The Hall–Kier alpha value is -4.78. The lowest BCUT2D eigenvalue weighted by molar-refractivity contribution is -0.138. The molecule has 0 bridgehead atoms. The molecule has 0 saturated carbocycles. The first-order valence-electron chi connectivity index (χ1n) is 10.7. The van der Waals surface area contributed by atoms with Crippen LogP contribution in [0, 0.1) is 11.3 Å². The zero-order valence-electron chi connectivity index (χ0n) is 18.7. The van der Waals surface area contributed by atoms with Gasteiger partial charge in [0.25, 0.3) is 5.91 Å². The molecule has 7 nitrogen and oxygen atoms in total. The number of rotatable bonds is 4. The Labute approximate surface area is 203 Å². The lowest BCUT2D eigenvalue weighted by atomic mass is 9.96. The summed E-state index contributed by atoms with van der Waals surface area (Å²) in [5.41, 5.74) is 1.31. The highest BCUT2D eigenvalue weighted by molar-refractivity contribution is 6.11. The number of halogens is 3. The Morgan fingerprint density at radius 1 is 1.06 bits per heavy atom. The largest absolute Gasteiger partial charge is 0.416 e. The summed E-state index contributed by atoms with van der Waals surface area (Å²) >= 11 is 0. The van der Waals surface area contributed by atoms with E-state index in [1.165, 1.54) is 17.3 Å². The number of carbonyl (C=O) groups excluding carboxylic acids is 2. The number of alkyl halides is 3. The van der Waals surface area contributed by atoms with Crippen molar-refractivity contribution < 1.29 is 22.8 Å². The summed E-state index contributed by atoms with van der Waals surface area (Å²) in [4.78, 5) is 25.6. The summed E-state index contributed by atoms with van der Waals surface area (Å²) < 4.78 is 42.8. The van der Waals surface area contributed by atoms with E-state index in [-0.39, 0.29) is 23.2 Å². The van der Waals surface area contributed by atoms with Crippen LogP contribution in [0.2, 0.25) is 0 Å². The van der Waals surface area contributed by atoms with Gasteiger partial charge in [0.1, 0.15) is 12.6 Å². The third-order valence-corrected chi connectivity index (χ3v) is 6.08. The molecule has 0 atom stereocenters. The fourth-order valence-corrected chi connectivity index (χ4v) is 4.38. The number of nitrogens with zero attached hydrogens (tertiary/aromatic N) is 5. The van der Waals surface area contributed by atoms with Crippen LogP contribution in [0.5, 0.6) is 0 Å². The molecule has 0 N–H and O–H groups in total. The highest BCUT2D eigenvalue weighted by Gasteiger charge is 2.40. The Balaban J connectivity index is 1.60. The molecule has 0 unspecified atom stereocenters. The minimum Gasteiger partial charge on any atom is -0.317 e. The maximum Gasteiger partial charge on any atom is 0.416 e. The van der Waals surface area contributed by atoms with Gasteiger partial charge < -0.3 is 9.47 Å². The van der Waals surface area contributed by atoms with Gasteiger partial charge >= 0.3 is 6.18 Å². The summed E-state index contributed by atoms with van der Waals surface area (Å²) in [6.07, 6.45) is -2.89. The third kappa shape index (κ3) is 3.80. The van der Waals surface area contributed by atoms with Crippen LogP contribution < -0.4 is 4.90 Å². The van der Waals surface area contributed by atoms with Crippen molar-refractivity contribution in [2.45, 2.75) is 12.7 Å². The normalized spacial score (nSPS) is 13.0. The number of anilines is 1. The number of nitriles is 1. The Kier molecular flexibility index (Phi) is 5.40. The van der Waals surface area contributed by atoms with Crippen LogP contribution in [-0.4, -0.2) is 27.0 Å². The van der Waals surface area contributed by atoms with Crippen molar-refractivity contribution in [3.63, 3.8) is 0 Å². The van der Waals surface area contributed by atoms with Crippen LogP contribution in [0.3, 0.4) is 0 Å². The number of hydrogen-bond acceptors (Lipinski definition) is 5. The molecule has 10 heteroatoms. The number of aryl methyl sites for hydroxylation is 1. The molecule has 3 aromatic carbocycles. The number of aldehydes is 1. The van der Waals surface area contributed by atoms with Gasteiger partial charge in [-0.05, 0) is 53.1 Å². The molecule has 0 spiro atoms. The number of aromatic nitrogens is 3. The second-order valence-electron chi connectivity index (χ2n) is 8.29. The molecule has 0 radical (unpaired) electrons. The molecule has 2 heterocycles. The van der Waals surface area contributed by atoms with E-state index < -0.39 is 17.6 Å². The molecule has 5 rings (SSSR count). The first-order valence-corrected chi connectivity index (χ1v) is 10.7. The van der Waals surface area contributed by atoms with E-state index in [0.29, 0.717) is 40.1 Å². The van der Waals surface area contributed by atoms with Crippen LogP contribution in [0.1, 0.15) is 37.4 Å². The highest BCUT2D eigenvalue weighted by Crippen LogP contribution is 2.40. The van der Waals surface area contributed by atoms with Gasteiger partial charge in [0.05, 0.1) is 23.7 Å². The van der Waals surface area contributed by atoms with Crippen molar-refractivity contribution >= 4 is 17.9 Å². The third-order valence-electron chi connectivity index (χ3n) is 6.08. The Bertz CT molecular complexity index is 1580. The Morgan fingerprint density at radius 2 is 1.86 bits per heavy atom. The van der Waals surface area contributed by atoms with Gasteiger partial charge in [-0.1, -0.05) is 18.2 Å².